The monoisotopic (exact) mass is 261 g/mol. The minimum atomic E-state index is 0.207. The van der Waals surface area contributed by atoms with E-state index in [2.05, 4.69) is 4.90 Å². The molecular formula is C16H23NO2. The lowest BCUT2D eigenvalue weighted by Gasteiger charge is -2.32. The Kier molecular flexibility index (Phi) is 4.46. The van der Waals surface area contributed by atoms with Crippen LogP contribution in [0, 0.1) is 6.92 Å². The van der Waals surface area contributed by atoms with E-state index in [1.807, 2.05) is 26.0 Å². The van der Waals surface area contributed by atoms with Crippen molar-refractivity contribution in [2.24, 2.45) is 0 Å². The number of nitrogens with zero attached hydrogens (tertiary/aromatic N) is 1. The van der Waals surface area contributed by atoms with Crippen molar-refractivity contribution in [2.45, 2.75) is 39.5 Å². The van der Waals surface area contributed by atoms with Gasteiger partial charge >= 0.3 is 0 Å². The Hall–Kier alpha value is -1.51. The Bertz CT molecular complexity index is 462. The largest absolute Gasteiger partial charge is 0.495 e. The van der Waals surface area contributed by atoms with Crippen molar-refractivity contribution in [3.63, 3.8) is 0 Å². The van der Waals surface area contributed by atoms with E-state index < -0.39 is 0 Å². The lowest BCUT2D eigenvalue weighted by Crippen LogP contribution is -2.30. The number of carbonyl (C=O) groups is 1. The van der Waals surface area contributed by atoms with Crippen LogP contribution in [0.1, 0.15) is 48.5 Å². The van der Waals surface area contributed by atoms with Crippen LogP contribution in [0.15, 0.2) is 12.1 Å². The van der Waals surface area contributed by atoms with E-state index in [0.717, 1.165) is 35.7 Å². The zero-order valence-electron chi connectivity index (χ0n) is 12.2. The van der Waals surface area contributed by atoms with Crippen LogP contribution in [0.25, 0.3) is 0 Å². The summed E-state index contributed by atoms with van der Waals surface area (Å²) in [6, 6.07) is 3.83. The third kappa shape index (κ3) is 2.75. The zero-order valence-corrected chi connectivity index (χ0v) is 12.2. The number of rotatable bonds is 4. The molecule has 0 amide bonds. The Morgan fingerprint density at radius 1 is 1.26 bits per heavy atom. The highest BCUT2D eigenvalue weighted by Crippen LogP contribution is 2.36. The second-order valence-electron chi connectivity index (χ2n) is 5.11. The molecule has 1 aliphatic heterocycles. The highest BCUT2D eigenvalue weighted by molar-refractivity contribution is 5.99. The van der Waals surface area contributed by atoms with Crippen LogP contribution in [0.4, 0.5) is 5.69 Å². The maximum Gasteiger partial charge on any atom is 0.162 e. The molecule has 0 aliphatic carbocycles. The summed E-state index contributed by atoms with van der Waals surface area (Å²) in [4.78, 5) is 14.4. The number of ether oxygens (including phenoxy) is 1. The molecule has 1 saturated heterocycles. The molecule has 0 radical (unpaired) electrons. The first kappa shape index (κ1) is 13.9. The number of anilines is 1. The molecular weight excluding hydrogens is 238 g/mol. The van der Waals surface area contributed by atoms with Gasteiger partial charge in [0.25, 0.3) is 0 Å². The van der Waals surface area contributed by atoms with Crippen molar-refractivity contribution in [2.75, 3.05) is 25.1 Å². The number of ketones is 1. The predicted octanol–water partition coefficient (Wildman–Crippen LogP) is 3.59. The van der Waals surface area contributed by atoms with E-state index >= 15 is 0 Å². The van der Waals surface area contributed by atoms with Crippen LogP contribution >= 0.6 is 0 Å². The molecule has 0 atom stereocenters. The van der Waals surface area contributed by atoms with E-state index in [1.165, 1.54) is 19.3 Å². The zero-order chi connectivity index (χ0) is 13.8. The highest BCUT2D eigenvalue weighted by Gasteiger charge is 2.21. The van der Waals surface area contributed by atoms with Gasteiger partial charge in [-0.2, -0.15) is 0 Å². The molecule has 0 N–H and O–H groups in total. The van der Waals surface area contributed by atoms with Gasteiger partial charge in [0.05, 0.1) is 12.8 Å². The van der Waals surface area contributed by atoms with Crippen molar-refractivity contribution in [1.29, 1.82) is 0 Å². The molecule has 104 valence electrons. The Morgan fingerprint density at radius 2 is 1.95 bits per heavy atom. The summed E-state index contributed by atoms with van der Waals surface area (Å²) < 4.78 is 5.49. The van der Waals surface area contributed by atoms with Gasteiger partial charge in [0, 0.05) is 25.1 Å². The van der Waals surface area contributed by atoms with E-state index in [1.54, 1.807) is 7.11 Å². The quantitative estimate of drug-likeness (QED) is 0.776. The van der Waals surface area contributed by atoms with Crippen molar-refractivity contribution >= 4 is 11.5 Å². The van der Waals surface area contributed by atoms with Crippen molar-refractivity contribution < 1.29 is 9.53 Å². The maximum absolute atomic E-state index is 12.0. The maximum atomic E-state index is 12.0. The summed E-state index contributed by atoms with van der Waals surface area (Å²) in [5.74, 6) is 1.09. The van der Waals surface area contributed by atoms with Crippen LogP contribution in [0.3, 0.4) is 0 Å². The molecule has 3 nitrogen and oxygen atoms in total. The molecule has 1 heterocycles. The fourth-order valence-corrected chi connectivity index (χ4v) is 2.84. The first-order valence-corrected chi connectivity index (χ1v) is 7.14. The normalized spacial score (nSPS) is 15.4. The van der Waals surface area contributed by atoms with E-state index in [-0.39, 0.29) is 5.78 Å². The van der Waals surface area contributed by atoms with Crippen molar-refractivity contribution in [1.82, 2.24) is 0 Å². The van der Waals surface area contributed by atoms with E-state index in [4.69, 9.17) is 4.74 Å². The third-order valence-electron chi connectivity index (χ3n) is 3.91. The van der Waals surface area contributed by atoms with Gasteiger partial charge in [-0.25, -0.2) is 0 Å². The fourth-order valence-electron chi connectivity index (χ4n) is 2.84. The standard InChI is InChI=1S/C16H23NO2/c1-4-14(18)13-8-9-15(19-3)16(12(13)2)17-10-6-5-7-11-17/h8-9H,4-7,10-11H2,1-3H3. The average Bonchev–Trinajstić information content (AvgIpc) is 2.46. The minimum Gasteiger partial charge on any atom is -0.495 e. The predicted molar refractivity (Wildman–Crippen MR) is 78.4 cm³/mol. The molecule has 0 saturated carbocycles. The number of hydrogen-bond donors (Lipinski definition) is 0. The van der Waals surface area contributed by atoms with Crippen LogP contribution in [0.5, 0.6) is 5.75 Å². The Morgan fingerprint density at radius 3 is 2.53 bits per heavy atom. The van der Waals surface area contributed by atoms with E-state index in [9.17, 15) is 4.79 Å². The van der Waals surface area contributed by atoms with Gasteiger partial charge in [0.1, 0.15) is 5.75 Å². The number of piperidine rings is 1. The van der Waals surface area contributed by atoms with Crippen LogP contribution in [-0.4, -0.2) is 26.0 Å². The smallest absolute Gasteiger partial charge is 0.162 e. The molecule has 0 spiro atoms. The summed E-state index contributed by atoms with van der Waals surface area (Å²) in [5, 5.41) is 0. The van der Waals surface area contributed by atoms with Crippen molar-refractivity contribution in [3.8, 4) is 5.75 Å². The molecule has 3 heteroatoms. The van der Waals surface area contributed by atoms with Gasteiger partial charge in [-0.05, 0) is 43.9 Å². The van der Waals surface area contributed by atoms with Crippen LogP contribution in [-0.2, 0) is 0 Å². The lowest BCUT2D eigenvalue weighted by atomic mass is 9.98. The molecule has 1 aromatic carbocycles. The number of Topliss-reactive ketones (excluding diaryl/α,β-unsaturated/α-hetero) is 1. The fraction of sp³-hybridized carbons (Fsp3) is 0.562. The van der Waals surface area contributed by atoms with Gasteiger partial charge in [-0.3, -0.25) is 4.79 Å². The Balaban J connectivity index is 2.45. The first-order chi connectivity index (χ1) is 9.19. The second-order valence-corrected chi connectivity index (χ2v) is 5.11. The first-order valence-electron chi connectivity index (χ1n) is 7.14. The molecule has 0 unspecified atom stereocenters. The van der Waals surface area contributed by atoms with Gasteiger partial charge in [-0.15, -0.1) is 0 Å². The molecule has 19 heavy (non-hydrogen) atoms. The van der Waals surface area contributed by atoms with Gasteiger partial charge in [-0.1, -0.05) is 6.92 Å². The SMILES string of the molecule is CCC(=O)c1ccc(OC)c(N2CCCCC2)c1C. The van der Waals surface area contributed by atoms with Crippen LogP contribution in [0.2, 0.25) is 0 Å². The third-order valence-corrected chi connectivity index (χ3v) is 3.91. The minimum absolute atomic E-state index is 0.207. The van der Waals surface area contributed by atoms with Crippen molar-refractivity contribution in [3.05, 3.63) is 23.3 Å². The van der Waals surface area contributed by atoms with Gasteiger partial charge in [0.2, 0.25) is 0 Å². The number of methoxy groups -OCH3 is 1. The highest BCUT2D eigenvalue weighted by atomic mass is 16.5. The topological polar surface area (TPSA) is 29.5 Å². The molecule has 1 aromatic rings. The number of carbonyl (C=O) groups excluding carboxylic acids is 1. The number of benzene rings is 1. The summed E-state index contributed by atoms with van der Waals surface area (Å²) >= 11 is 0. The summed E-state index contributed by atoms with van der Waals surface area (Å²) in [6.07, 6.45) is 4.28. The molecule has 0 aromatic heterocycles. The molecule has 1 fully saturated rings. The average molecular weight is 261 g/mol. The molecule has 1 aliphatic rings. The summed E-state index contributed by atoms with van der Waals surface area (Å²) in [6.45, 7) is 6.06. The summed E-state index contributed by atoms with van der Waals surface area (Å²) in [5.41, 5.74) is 3.01. The van der Waals surface area contributed by atoms with E-state index in [0.29, 0.717) is 6.42 Å². The molecule has 0 bridgehead atoms. The van der Waals surface area contributed by atoms with Gasteiger partial charge in [0.15, 0.2) is 5.78 Å². The van der Waals surface area contributed by atoms with Crippen LogP contribution < -0.4 is 9.64 Å². The lowest BCUT2D eigenvalue weighted by molar-refractivity contribution is 0.0987. The number of hydrogen-bond acceptors (Lipinski definition) is 3. The molecule has 2 rings (SSSR count). The Labute approximate surface area is 115 Å². The van der Waals surface area contributed by atoms with Gasteiger partial charge < -0.3 is 9.64 Å². The summed E-state index contributed by atoms with van der Waals surface area (Å²) in [7, 11) is 1.70. The second kappa shape index (κ2) is 6.09.